The van der Waals surface area contributed by atoms with Crippen molar-refractivity contribution in [3.63, 3.8) is 0 Å². The van der Waals surface area contributed by atoms with Crippen molar-refractivity contribution in [2.45, 2.75) is 33.2 Å². The van der Waals surface area contributed by atoms with Crippen molar-refractivity contribution < 1.29 is 19.1 Å². The van der Waals surface area contributed by atoms with E-state index in [1.807, 2.05) is 0 Å². The number of hydrogen-bond donors (Lipinski definition) is 1. The molecule has 0 radical (unpaired) electrons. The molecular formula is C10H20ClNO4. The average molecular weight is 254 g/mol. The average Bonchev–Trinajstić information content (AvgIpc) is 2.19. The van der Waals surface area contributed by atoms with Crippen LogP contribution < -0.4 is 5.73 Å². The second-order valence-electron chi connectivity index (χ2n) is 3.04. The largest absolute Gasteiger partial charge is 0.466 e. The zero-order valence-electron chi connectivity index (χ0n) is 9.89. The Hall–Kier alpha value is -0.810. The van der Waals surface area contributed by atoms with Crippen molar-refractivity contribution in [3.8, 4) is 0 Å². The Morgan fingerprint density at radius 2 is 1.50 bits per heavy atom. The summed E-state index contributed by atoms with van der Waals surface area (Å²) >= 11 is 0. The standard InChI is InChI=1S/C10H19NO4.ClH/c1-4-7(9(12)14-5-2)8(11)10(13)15-6-3;/h7-8H,4-6,11H2,1-3H3;1H/t7-,8-;/m0./s1. The zero-order chi connectivity index (χ0) is 11.8. The Kier molecular flexibility index (Phi) is 10.3. The monoisotopic (exact) mass is 253 g/mol. The minimum atomic E-state index is -0.936. The van der Waals surface area contributed by atoms with E-state index in [-0.39, 0.29) is 25.6 Å². The smallest absolute Gasteiger partial charge is 0.323 e. The number of carbonyl (C=O) groups is 2. The second-order valence-corrected chi connectivity index (χ2v) is 3.04. The van der Waals surface area contributed by atoms with Crippen LogP contribution >= 0.6 is 12.4 Å². The van der Waals surface area contributed by atoms with Crippen LogP contribution in [0.1, 0.15) is 27.2 Å². The summed E-state index contributed by atoms with van der Waals surface area (Å²) in [5.41, 5.74) is 5.61. The molecule has 5 nitrogen and oxygen atoms in total. The first-order chi connectivity index (χ1) is 7.08. The maximum atomic E-state index is 11.4. The molecule has 0 aliphatic rings. The number of carbonyl (C=O) groups excluding carboxylic acids is 2. The van der Waals surface area contributed by atoms with E-state index >= 15 is 0 Å². The van der Waals surface area contributed by atoms with Gasteiger partial charge in [0.1, 0.15) is 6.04 Å². The van der Waals surface area contributed by atoms with Gasteiger partial charge in [0.2, 0.25) is 0 Å². The van der Waals surface area contributed by atoms with Crippen molar-refractivity contribution in [2.24, 2.45) is 11.7 Å². The fraction of sp³-hybridized carbons (Fsp3) is 0.800. The molecule has 0 saturated heterocycles. The first kappa shape index (κ1) is 17.6. The van der Waals surface area contributed by atoms with Gasteiger partial charge in [0.25, 0.3) is 0 Å². The molecule has 0 aromatic carbocycles. The molecule has 2 atom stereocenters. The van der Waals surface area contributed by atoms with Crippen LogP contribution in [0.2, 0.25) is 0 Å². The fourth-order valence-corrected chi connectivity index (χ4v) is 1.22. The number of esters is 2. The van der Waals surface area contributed by atoms with Gasteiger partial charge in [-0.2, -0.15) is 0 Å². The van der Waals surface area contributed by atoms with Gasteiger partial charge in [0.05, 0.1) is 19.1 Å². The third kappa shape index (κ3) is 5.32. The lowest BCUT2D eigenvalue weighted by Gasteiger charge is -2.19. The molecule has 0 bridgehead atoms. The van der Waals surface area contributed by atoms with Crippen LogP contribution in [0.15, 0.2) is 0 Å². The third-order valence-electron chi connectivity index (χ3n) is 2.02. The molecule has 0 saturated carbocycles. The minimum absolute atomic E-state index is 0. The normalized spacial score (nSPS) is 13.2. The molecule has 0 fully saturated rings. The van der Waals surface area contributed by atoms with Gasteiger partial charge >= 0.3 is 11.9 Å². The van der Waals surface area contributed by atoms with Crippen LogP contribution in [0.25, 0.3) is 0 Å². The van der Waals surface area contributed by atoms with Crippen LogP contribution in [-0.2, 0) is 19.1 Å². The molecule has 0 rings (SSSR count). The first-order valence-corrected chi connectivity index (χ1v) is 5.17. The van der Waals surface area contributed by atoms with E-state index in [4.69, 9.17) is 15.2 Å². The number of ether oxygens (including phenoxy) is 2. The van der Waals surface area contributed by atoms with E-state index < -0.39 is 23.9 Å². The molecule has 0 unspecified atom stereocenters. The summed E-state index contributed by atoms with van der Waals surface area (Å²) in [4.78, 5) is 22.7. The van der Waals surface area contributed by atoms with Gasteiger partial charge in [-0.15, -0.1) is 12.4 Å². The van der Waals surface area contributed by atoms with Crippen LogP contribution in [0.5, 0.6) is 0 Å². The van der Waals surface area contributed by atoms with E-state index in [1.54, 1.807) is 20.8 Å². The molecule has 0 heterocycles. The predicted molar refractivity (Wildman–Crippen MR) is 62.3 cm³/mol. The molecule has 16 heavy (non-hydrogen) atoms. The zero-order valence-corrected chi connectivity index (χ0v) is 10.7. The maximum Gasteiger partial charge on any atom is 0.323 e. The van der Waals surface area contributed by atoms with Gasteiger partial charge < -0.3 is 15.2 Å². The van der Waals surface area contributed by atoms with Crippen molar-refractivity contribution in [1.82, 2.24) is 0 Å². The van der Waals surface area contributed by atoms with Crippen LogP contribution in [0.4, 0.5) is 0 Å². The summed E-state index contributed by atoms with van der Waals surface area (Å²) in [6.45, 7) is 5.72. The summed E-state index contributed by atoms with van der Waals surface area (Å²) < 4.78 is 9.56. The Morgan fingerprint density at radius 1 is 1.06 bits per heavy atom. The fourth-order valence-electron chi connectivity index (χ4n) is 1.22. The molecular weight excluding hydrogens is 234 g/mol. The minimum Gasteiger partial charge on any atom is -0.466 e. The van der Waals surface area contributed by atoms with Crippen molar-refractivity contribution in [1.29, 1.82) is 0 Å². The van der Waals surface area contributed by atoms with Gasteiger partial charge in [-0.05, 0) is 20.3 Å². The number of hydrogen-bond acceptors (Lipinski definition) is 5. The Balaban J connectivity index is 0. The highest BCUT2D eigenvalue weighted by atomic mass is 35.5. The second kappa shape index (κ2) is 9.42. The van der Waals surface area contributed by atoms with Crippen molar-refractivity contribution >= 4 is 24.3 Å². The molecule has 0 spiro atoms. The summed E-state index contributed by atoms with van der Waals surface area (Å²) in [6, 6.07) is -0.936. The molecule has 0 aromatic rings. The number of nitrogens with two attached hydrogens (primary N) is 1. The Labute approximate surface area is 102 Å². The molecule has 0 aliphatic heterocycles. The SMILES string of the molecule is CCOC(=O)[C@@H](N)[C@H](CC)C(=O)OCC.Cl. The topological polar surface area (TPSA) is 78.6 Å². The van der Waals surface area contributed by atoms with E-state index in [9.17, 15) is 9.59 Å². The van der Waals surface area contributed by atoms with Crippen LogP contribution in [0, 0.1) is 5.92 Å². The highest BCUT2D eigenvalue weighted by Gasteiger charge is 2.31. The molecule has 96 valence electrons. The number of rotatable bonds is 6. The maximum absolute atomic E-state index is 11.4. The van der Waals surface area contributed by atoms with Crippen molar-refractivity contribution in [2.75, 3.05) is 13.2 Å². The van der Waals surface area contributed by atoms with E-state index in [0.717, 1.165) is 0 Å². The van der Waals surface area contributed by atoms with Gasteiger partial charge in [0, 0.05) is 0 Å². The Morgan fingerprint density at radius 3 is 1.88 bits per heavy atom. The summed E-state index contributed by atoms with van der Waals surface area (Å²) in [5, 5.41) is 0. The predicted octanol–water partition coefficient (Wildman–Crippen LogP) is 0.888. The van der Waals surface area contributed by atoms with Crippen LogP contribution in [0.3, 0.4) is 0 Å². The summed E-state index contributed by atoms with van der Waals surface area (Å²) in [5.74, 6) is -1.62. The molecule has 0 aliphatic carbocycles. The van der Waals surface area contributed by atoms with Gasteiger partial charge in [-0.1, -0.05) is 6.92 Å². The highest BCUT2D eigenvalue weighted by Crippen LogP contribution is 2.11. The van der Waals surface area contributed by atoms with Gasteiger partial charge in [-0.3, -0.25) is 9.59 Å². The van der Waals surface area contributed by atoms with Crippen molar-refractivity contribution in [3.05, 3.63) is 0 Å². The third-order valence-corrected chi connectivity index (χ3v) is 2.02. The van der Waals surface area contributed by atoms with E-state index in [0.29, 0.717) is 6.42 Å². The lowest BCUT2D eigenvalue weighted by Crippen LogP contribution is -2.43. The van der Waals surface area contributed by atoms with E-state index in [1.165, 1.54) is 0 Å². The molecule has 0 amide bonds. The molecule has 0 aromatic heterocycles. The Bertz CT molecular complexity index is 223. The number of halogens is 1. The summed E-state index contributed by atoms with van der Waals surface area (Å²) in [6.07, 6.45) is 0.457. The lowest BCUT2D eigenvalue weighted by atomic mass is 9.98. The highest BCUT2D eigenvalue weighted by molar-refractivity contribution is 5.85. The van der Waals surface area contributed by atoms with Gasteiger partial charge in [-0.25, -0.2) is 0 Å². The van der Waals surface area contributed by atoms with E-state index in [2.05, 4.69) is 0 Å². The van der Waals surface area contributed by atoms with Crippen LogP contribution in [-0.4, -0.2) is 31.2 Å². The lowest BCUT2D eigenvalue weighted by molar-refractivity contribution is -0.156. The van der Waals surface area contributed by atoms with Gasteiger partial charge in [0.15, 0.2) is 0 Å². The molecule has 6 heteroatoms. The first-order valence-electron chi connectivity index (χ1n) is 5.17. The quantitative estimate of drug-likeness (QED) is 0.711. The molecule has 2 N–H and O–H groups in total. The summed E-state index contributed by atoms with van der Waals surface area (Å²) in [7, 11) is 0.